The molecule has 0 saturated carbocycles. The predicted octanol–water partition coefficient (Wildman–Crippen LogP) is 0.790. The van der Waals surface area contributed by atoms with Gasteiger partial charge in [0.2, 0.25) is 0 Å². The van der Waals surface area contributed by atoms with Gasteiger partial charge in [-0.05, 0) is 5.53 Å². The smallest absolute Gasteiger partial charge is 0.0741 e. The number of rotatable bonds is 4. The van der Waals surface area contributed by atoms with Crippen LogP contribution < -0.4 is 0 Å². The number of hydrogen-bond donors (Lipinski definition) is 0. The van der Waals surface area contributed by atoms with Crippen molar-refractivity contribution in [2.45, 2.75) is 0 Å². The first-order valence-electron chi connectivity index (χ1n) is 2.58. The summed E-state index contributed by atoms with van der Waals surface area (Å²) in [7, 11) is 3.55. The Morgan fingerprint density at radius 1 is 1.67 bits per heavy atom. The van der Waals surface area contributed by atoms with Gasteiger partial charge in [0.25, 0.3) is 0 Å². The predicted molar refractivity (Wildman–Crippen MR) is 33.7 cm³/mol. The lowest BCUT2D eigenvalue weighted by atomic mass is 10.7. The van der Waals surface area contributed by atoms with E-state index in [-0.39, 0.29) is 0 Å². The number of nitrogens with zero attached hydrogens (tertiary/aromatic N) is 4. The van der Waals surface area contributed by atoms with Gasteiger partial charge in [-0.25, -0.2) is 0 Å². The fourth-order valence-electron chi connectivity index (χ4n) is 0.309. The molecule has 0 amide bonds. The minimum atomic E-state index is 0.384. The topological polar surface area (TPSA) is 61.2 Å². The Morgan fingerprint density at radius 2 is 2.33 bits per heavy atom. The highest BCUT2D eigenvalue weighted by Crippen LogP contribution is 1.78. The van der Waals surface area contributed by atoms with Crippen LogP contribution in [0.2, 0.25) is 0 Å². The van der Waals surface area contributed by atoms with Gasteiger partial charge < -0.3 is 0 Å². The maximum Gasteiger partial charge on any atom is 0.0741 e. The largest absolute Gasteiger partial charge is 0.299 e. The SMILES string of the molecule is CN(C)OCCN=[N+]=[N-]. The van der Waals surface area contributed by atoms with E-state index >= 15 is 0 Å². The molecule has 52 valence electrons. The van der Waals surface area contributed by atoms with E-state index in [0.717, 1.165) is 0 Å². The second-order valence-electron chi connectivity index (χ2n) is 1.60. The fraction of sp³-hybridized carbons (Fsp3) is 1.00. The summed E-state index contributed by atoms with van der Waals surface area (Å²) >= 11 is 0. The molecule has 0 unspecified atom stereocenters. The fourth-order valence-corrected chi connectivity index (χ4v) is 0.309. The molecule has 0 aromatic carbocycles. The standard InChI is InChI=1S/C4H10N4O/c1-8(2)9-4-3-6-7-5/h3-4H2,1-2H3. The number of hydrogen-bond acceptors (Lipinski definition) is 3. The molecule has 5 heteroatoms. The molecule has 0 aromatic heterocycles. The molecular weight excluding hydrogens is 120 g/mol. The lowest BCUT2D eigenvalue weighted by Crippen LogP contribution is -2.14. The molecule has 0 aliphatic carbocycles. The lowest BCUT2D eigenvalue weighted by Gasteiger charge is -2.07. The highest BCUT2D eigenvalue weighted by Gasteiger charge is 1.85. The Balaban J connectivity index is 3.00. The summed E-state index contributed by atoms with van der Waals surface area (Å²) in [6.07, 6.45) is 0. The van der Waals surface area contributed by atoms with Gasteiger partial charge in [0.15, 0.2) is 0 Å². The Hall–Kier alpha value is -0.770. The van der Waals surface area contributed by atoms with E-state index in [0.29, 0.717) is 13.2 Å². The van der Waals surface area contributed by atoms with Crippen molar-refractivity contribution in [1.82, 2.24) is 5.06 Å². The van der Waals surface area contributed by atoms with Crippen molar-refractivity contribution in [2.75, 3.05) is 27.2 Å². The van der Waals surface area contributed by atoms with E-state index in [1.54, 1.807) is 19.2 Å². The maximum atomic E-state index is 7.82. The van der Waals surface area contributed by atoms with E-state index in [4.69, 9.17) is 10.4 Å². The zero-order valence-electron chi connectivity index (χ0n) is 5.61. The maximum absolute atomic E-state index is 7.82. The minimum absolute atomic E-state index is 0.384. The minimum Gasteiger partial charge on any atom is -0.299 e. The van der Waals surface area contributed by atoms with Crippen molar-refractivity contribution in [2.24, 2.45) is 5.11 Å². The van der Waals surface area contributed by atoms with Crippen LogP contribution in [-0.2, 0) is 4.84 Å². The Bertz CT molecular complexity index is 107. The van der Waals surface area contributed by atoms with Gasteiger partial charge in [0.1, 0.15) is 0 Å². The first-order valence-corrected chi connectivity index (χ1v) is 2.58. The zero-order chi connectivity index (χ0) is 7.11. The molecule has 0 heterocycles. The van der Waals surface area contributed by atoms with Crippen LogP contribution in [0.4, 0.5) is 0 Å². The van der Waals surface area contributed by atoms with Gasteiger partial charge >= 0.3 is 0 Å². The summed E-state index contributed by atoms with van der Waals surface area (Å²) in [5.41, 5.74) is 7.82. The average molecular weight is 130 g/mol. The highest BCUT2D eigenvalue weighted by atomic mass is 16.7. The third-order valence-corrected chi connectivity index (χ3v) is 0.604. The lowest BCUT2D eigenvalue weighted by molar-refractivity contribution is -0.115. The second kappa shape index (κ2) is 5.37. The highest BCUT2D eigenvalue weighted by molar-refractivity contribution is 4.42. The van der Waals surface area contributed by atoms with Crippen LogP contribution in [-0.4, -0.2) is 32.3 Å². The number of hydroxylamine groups is 2. The molecule has 5 nitrogen and oxygen atoms in total. The van der Waals surface area contributed by atoms with E-state index in [1.807, 2.05) is 0 Å². The van der Waals surface area contributed by atoms with Crippen LogP contribution in [0.5, 0.6) is 0 Å². The molecular formula is C4H10N4O. The Morgan fingerprint density at radius 3 is 2.78 bits per heavy atom. The van der Waals surface area contributed by atoms with Gasteiger partial charge in [-0.3, -0.25) is 4.84 Å². The van der Waals surface area contributed by atoms with Crippen molar-refractivity contribution in [1.29, 1.82) is 0 Å². The molecule has 0 saturated heterocycles. The molecule has 0 aliphatic rings. The molecule has 0 fully saturated rings. The average Bonchev–Trinajstić information content (AvgIpc) is 1.80. The van der Waals surface area contributed by atoms with Gasteiger partial charge in [-0.2, -0.15) is 5.06 Å². The molecule has 0 N–H and O–H groups in total. The van der Waals surface area contributed by atoms with Crippen molar-refractivity contribution in [3.63, 3.8) is 0 Å². The molecule has 0 bridgehead atoms. The zero-order valence-corrected chi connectivity index (χ0v) is 5.61. The second-order valence-corrected chi connectivity index (χ2v) is 1.60. The first-order chi connectivity index (χ1) is 4.27. The van der Waals surface area contributed by atoms with Gasteiger partial charge in [-0.1, -0.05) is 5.11 Å². The van der Waals surface area contributed by atoms with Crippen LogP contribution in [0.3, 0.4) is 0 Å². The molecule has 9 heavy (non-hydrogen) atoms. The summed E-state index contributed by atoms with van der Waals surface area (Å²) in [4.78, 5) is 7.47. The van der Waals surface area contributed by atoms with E-state index in [9.17, 15) is 0 Å². The van der Waals surface area contributed by atoms with E-state index in [1.165, 1.54) is 0 Å². The normalized spacial score (nSPS) is 9.22. The molecule has 0 aliphatic heterocycles. The Labute approximate surface area is 53.8 Å². The van der Waals surface area contributed by atoms with Crippen LogP contribution in [0.15, 0.2) is 5.11 Å². The Kier molecular flexibility index (Phi) is 4.91. The van der Waals surface area contributed by atoms with E-state index < -0.39 is 0 Å². The summed E-state index contributed by atoms with van der Waals surface area (Å²) in [6, 6.07) is 0. The monoisotopic (exact) mass is 130 g/mol. The molecule has 0 aromatic rings. The molecule has 0 radical (unpaired) electrons. The van der Waals surface area contributed by atoms with Crippen LogP contribution >= 0.6 is 0 Å². The van der Waals surface area contributed by atoms with Gasteiger partial charge in [0.05, 0.1) is 13.2 Å². The summed E-state index contributed by atoms with van der Waals surface area (Å²) in [5, 5.41) is 4.84. The van der Waals surface area contributed by atoms with Crippen LogP contribution in [0, 0.1) is 0 Å². The molecule has 0 atom stereocenters. The van der Waals surface area contributed by atoms with Crippen LogP contribution in [0.1, 0.15) is 0 Å². The van der Waals surface area contributed by atoms with Crippen molar-refractivity contribution in [3.8, 4) is 0 Å². The molecule has 0 spiro atoms. The van der Waals surface area contributed by atoms with Crippen molar-refractivity contribution >= 4 is 0 Å². The van der Waals surface area contributed by atoms with Crippen molar-refractivity contribution in [3.05, 3.63) is 10.4 Å². The third kappa shape index (κ3) is 7.23. The molecule has 0 rings (SSSR count). The van der Waals surface area contributed by atoms with E-state index in [2.05, 4.69) is 10.0 Å². The summed E-state index contributed by atoms with van der Waals surface area (Å²) in [5.74, 6) is 0. The first kappa shape index (κ1) is 8.23. The van der Waals surface area contributed by atoms with Gasteiger partial charge in [0, 0.05) is 19.0 Å². The number of azide groups is 1. The van der Waals surface area contributed by atoms with Crippen molar-refractivity contribution < 1.29 is 4.84 Å². The van der Waals surface area contributed by atoms with Crippen LogP contribution in [0.25, 0.3) is 10.4 Å². The quantitative estimate of drug-likeness (QED) is 0.186. The third-order valence-electron chi connectivity index (χ3n) is 0.604. The summed E-state index contributed by atoms with van der Waals surface area (Å²) < 4.78 is 0. The van der Waals surface area contributed by atoms with Gasteiger partial charge in [-0.15, -0.1) is 0 Å². The summed E-state index contributed by atoms with van der Waals surface area (Å²) in [6.45, 7) is 0.825.